The molecule has 3 rings (SSSR count). The Kier molecular flexibility index (Phi) is 7.00. The molecule has 0 aliphatic heterocycles. The third-order valence-electron chi connectivity index (χ3n) is 3.90. The summed E-state index contributed by atoms with van der Waals surface area (Å²) >= 11 is 0. The second-order valence-corrected chi connectivity index (χ2v) is 6.01. The minimum absolute atomic E-state index is 0.0832. The minimum atomic E-state index is -0.243. The van der Waals surface area contributed by atoms with E-state index in [0.29, 0.717) is 30.5 Å². The number of benzene rings is 2. The summed E-state index contributed by atoms with van der Waals surface area (Å²) in [7, 11) is 0. The molecule has 1 aromatic heterocycles. The van der Waals surface area contributed by atoms with Crippen molar-refractivity contribution in [3.05, 3.63) is 60.7 Å². The Hall–Kier alpha value is -3.61. The average molecular weight is 393 g/mol. The molecule has 0 bridgehead atoms. The number of hydrogen-bond acceptors (Lipinski definition) is 6. The highest BCUT2D eigenvalue weighted by atomic mass is 16.5. The minimum Gasteiger partial charge on any atom is -0.494 e. The SMILES string of the molecule is CCOc1ccc(OCC(=O)Nc2ccc(-c3ccc(OCC)nn3)cc2)cc1. The lowest BCUT2D eigenvalue weighted by atomic mass is 10.1. The summed E-state index contributed by atoms with van der Waals surface area (Å²) in [6, 6.07) is 18.1. The molecule has 2 aromatic carbocycles. The van der Waals surface area contributed by atoms with Gasteiger partial charge < -0.3 is 19.5 Å². The molecule has 3 aromatic rings. The summed E-state index contributed by atoms with van der Waals surface area (Å²) in [5.41, 5.74) is 2.29. The van der Waals surface area contributed by atoms with Gasteiger partial charge in [-0.1, -0.05) is 12.1 Å². The standard InChI is InChI=1S/C22H23N3O4/c1-3-27-18-9-11-19(12-10-18)29-15-21(26)23-17-7-5-16(6-8-17)20-13-14-22(25-24-20)28-4-2/h5-14H,3-4,15H2,1-2H3,(H,23,26). The number of hydrogen-bond donors (Lipinski definition) is 1. The van der Waals surface area contributed by atoms with Gasteiger partial charge in [0.2, 0.25) is 5.88 Å². The fourth-order valence-electron chi connectivity index (χ4n) is 2.57. The summed E-state index contributed by atoms with van der Waals surface area (Å²) in [5, 5.41) is 11.0. The van der Waals surface area contributed by atoms with Crippen LogP contribution in [0, 0.1) is 0 Å². The van der Waals surface area contributed by atoms with Crippen molar-refractivity contribution >= 4 is 11.6 Å². The molecule has 0 aliphatic rings. The second kappa shape index (κ2) is 10.1. The largest absolute Gasteiger partial charge is 0.494 e. The first kappa shape index (κ1) is 20.1. The van der Waals surface area contributed by atoms with Gasteiger partial charge in [0.25, 0.3) is 5.91 Å². The fraction of sp³-hybridized carbons (Fsp3) is 0.227. The van der Waals surface area contributed by atoms with Gasteiger partial charge in [0.1, 0.15) is 11.5 Å². The molecule has 150 valence electrons. The summed E-state index contributed by atoms with van der Waals surface area (Å²) in [5.74, 6) is 1.62. The topological polar surface area (TPSA) is 82.6 Å². The quantitative estimate of drug-likeness (QED) is 0.593. The maximum atomic E-state index is 12.1. The van der Waals surface area contributed by atoms with Gasteiger partial charge in [0, 0.05) is 17.3 Å². The van der Waals surface area contributed by atoms with Crippen molar-refractivity contribution < 1.29 is 19.0 Å². The van der Waals surface area contributed by atoms with Crippen LogP contribution in [0.4, 0.5) is 5.69 Å². The average Bonchev–Trinajstić information content (AvgIpc) is 2.75. The zero-order chi connectivity index (χ0) is 20.5. The number of nitrogens with zero attached hydrogens (tertiary/aromatic N) is 2. The predicted molar refractivity (Wildman–Crippen MR) is 110 cm³/mol. The smallest absolute Gasteiger partial charge is 0.262 e. The van der Waals surface area contributed by atoms with Crippen LogP contribution in [0.15, 0.2) is 60.7 Å². The second-order valence-electron chi connectivity index (χ2n) is 6.01. The Morgan fingerprint density at radius 3 is 2.03 bits per heavy atom. The number of carbonyl (C=O) groups excluding carboxylic acids is 1. The Morgan fingerprint density at radius 1 is 0.793 bits per heavy atom. The van der Waals surface area contributed by atoms with Crippen molar-refractivity contribution in [1.29, 1.82) is 0 Å². The van der Waals surface area contributed by atoms with Gasteiger partial charge in [-0.2, -0.15) is 0 Å². The van der Waals surface area contributed by atoms with E-state index in [2.05, 4.69) is 15.5 Å². The molecule has 0 saturated heterocycles. The highest BCUT2D eigenvalue weighted by Crippen LogP contribution is 2.21. The van der Waals surface area contributed by atoms with Crippen molar-refractivity contribution in [3.63, 3.8) is 0 Å². The molecule has 0 fully saturated rings. The van der Waals surface area contributed by atoms with Crippen LogP contribution in [-0.4, -0.2) is 35.9 Å². The van der Waals surface area contributed by atoms with Crippen molar-refractivity contribution in [2.75, 3.05) is 25.1 Å². The Labute approximate surface area is 169 Å². The van der Waals surface area contributed by atoms with Crippen LogP contribution >= 0.6 is 0 Å². The number of aromatic nitrogens is 2. The van der Waals surface area contributed by atoms with E-state index < -0.39 is 0 Å². The molecule has 0 unspecified atom stereocenters. The van der Waals surface area contributed by atoms with Gasteiger partial charge in [0.05, 0.1) is 18.9 Å². The monoisotopic (exact) mass is 393 g/mol. The Balaban J connectivity index is 1.51. The molecule has 1 N–H and O–H groups in total. The van der Waals surface area contributed by atoms with Gasteiger partial charge in [-0.25, -0.2) is 0 Å². The van der Waals surface area contributed by atoms with E-state index >= 15 is 0 Å². The van der Waals surface area contributed by atoms with Gasteiger partial charge in [0.15, 0.2) is 6.61 Å². The molecule has 0 saturated carbocycles. The van der Waals surface area contributed by atoms with E-state index in [-0.39, 0.29) is 12.5 Å². The van der Waals surface area contributed by atoms with E-state index in [1.165, 1.54) is 0 Å². The molecule has 7 heteroatoms. The van der Waals surface area contributed by atoms with E-state index in [4.69, 9.17) is 14.2 Å². The van der Waals surface area contributed by atoms with Crippen LogP contribution in [0.5, 0.6) is 17.4 Å². The zero-order valence-electron chi connectivity index (χ0n) is 16.4. The number of carbonyl (C=O) groups is 1. The number of rotatable bonds is 9. The molecule has 7 nitrogen and oxygen atoms in total. The first-order valence-electron chi connectivity index (χ1n) is 9.40. The van der Waals surface area contributed by atoms with Crippen LogP contribution in [0.3, 0.4) is 0 Å². The van der Waals surface area contributed by atoms with Gasteiger partial charge in [-0.05, 0) is 56.3 Å². The van der Waals surface area contributed by atoms with E-state index in [9.17, 15) is 4.79 Å². The molecule has 0 spiro atoms. The lowest BCUT2D eigenvalue weighted by Gasteiger charge is -2.09. The number of ether oxygens (including phenoxy) is 3. The zero-order valence-corrected chi connectivity index (χ0v) is 16.4. The Morgan fingerprint density at radius 2 is 1.45 bits per heavy atom. The summed E-state index contributed by atoms with van der Waals surface area (Å²) < 4.78 is 16.2. The van der Waals surface area contributed by atoms with Crippen molar-refractivity contribution in [1.82, 2.24) is 10.2 Å². The summed E-state index contributed by atoms with van der Waals surface area (Å²) in [6.07, 6.45) is 0. The van der Waals surface area contributed by atoms with Crippen molar-refractivity contribution in [2.45, 2.75) is 13.8 Å². The molecular formula is C22H23N3O4. The van der Waals surface area contributed by atoms with E-state index in [0.717, 1.165) is 17.0 Å². The van der Waals surface area contributed by atoms with Crippen LogP contribution in [0.1, 0.15) is 13.8 Å². The number of anilines is 1. The molecule has 29 heavy (non-hydrogen) atoms. The molecule has 0 aliphatic carbocycles. The predicted octanol–water partition coefficient (Wildman–Crippen LogP) is 3.96. The van der Waals surface area contributed by atoms with Gasteiger partial charge in [-0.15, -0.1) is 10.2 Å². The van der Waals surface area contributed by atoms with Gasteiger partial charge in [-0.3, -0.25) is 4.79 Å². The number of nitrogens with one attached hydrogen (secondary N) is 1. The van der Waals surface area contributed by atoms with Crippen molar-refractivity contribution in [2.24, 2.45) is 0 Å². The normalized spacial score (nSPS) is 10.3. The van der Waals surface area contributed by atoms with Gasteiger partial charge >= 0.3 is 0 Å². The van der Waals surface area contributed by atoms with E-state index in [1.807, 2.05) is 44.2 Å². The maximum absolute atomic E-state index is 12.1. The van der Waals surface area contributed by atoms with Crippen LogP contribution in [0.25, 0.3) is 11.3 Å². The summed E-state index contributed by atoms with van der Waals surface area (Å²) in [6.45, 7) is 4.88. The fourth-order valence-corrected chi connectivity index (χ4v) is 2.57. The molecular weight excluding hydrogens is 370 g/mol. The van der Waals surface area contributed by atoms with Crippen LogP contribution in [0.2, 0.25) is 0 Å². The van der Waals surface area contributed by atoms with Crippen LogP contribution < -0.4 is 19.5 Å². The third kappa shape index (κ3) is 5.93. The molecule has 1 amide bonds. The first-order chi connectivity index (χ1) is 14.2. The van der Waals surface area contributed by atoms with Crippen LogP contribution in [-0.2, 0) is 4.79 Å². The molecule has 0 atom stereocenters. The lowest BCUT2D eigenvalue weighted by Crippen LogP contribution is -2.20. The molecule has 0 radical (unpaired) electrons. The lowest BCUT2D eigenvalue weighted by molar-refractivity contribution is -0.118. The van der Waals surface area contributed by atoms with E-state index in [1.54, 1.807) is 30.3 Å². The highest BCUT2D eigenvalue weighted by molar-refractivity contribution is 5.92. The Bertz CT molecular complexity index is 910. The third-order valence-corrected chi connectivity index (χ3v) is 3.90. The number of amides is 1. The molecule has 1 heterocycles. The first-order valence-corrected chi connectivity index (χ1v) is 9.40. The summed E-state index contributed by atoms with van der Waals surface area (Å²) in [4.78, 5) is 12.1. The highest BCUT2D eigenvalue weighted by Gasteiger charge is 2.06. The maximum Gasteiger partial charge on any atom is 0.262 e. The van der Waals surface area contributed by atoms with Crippen molar-refractivity contribution in [3.8, 4) is 28.6 Å².